The lowest BCUT2D eigenvalue weighted by atomic mass is 10.0. The van der Waals surface area contributed by atoms with Crippen molar-refractivity contribution >= 4 is 0 Å². The standard InChI is InChI=1S/C12H21NO2/c1-4-13-12(7-10(2)14-3)8-11-5-6-15-9-11/h5-6,9-10,12-13H,4,7-8H2,1-3H3. The van der Waals surface area contributed by atoms with E-state index in [1.807, 2.05) is 12.3 Å². The molecule has 86 valence electrons. The van der Waals surface area contributed by atoms with Crippen molar-refractivity contribution in [3.8, 4) is 0 Å². The average Bonchev–Trinajstić information content (AvgIpc) is 2.70. The summed E-state index contributed by atoms with van der Waals surface area (Å²) in [4.78, 5) is 0. The maximum atomic E-state index is 5.28. The minimum absolute atomic E-state index is 0.293. The second-order valence-corrected chi connectivity index (χ2v) is 3.87. The molecule has 0 spiro atoms. The summed E-state index contributed by atoms with van der Waals surface area (Å²) in [6, 6.07) is 2.48. The van der Waals surface area contributed by atoms with Gasteiger partial charge in [-0.25, -0.2) is 0 Å². The number of nitrogens with one attached hydrogen (secondary N) is 1. The zero-order valence-electron chi connectivity index (χ0n) is 9.82. The van der Waals surface area contributed by atoms with E-state index in [9.17, 15) is 0 Å². The molecule has 1 rings (SSSR count). The van der Waals surface area contributed by atoms with Gasteiger partial charge in [-0.05, 0) is 37.9 Å². The second-order valence-electron chi connectivity index (χ2n) is 3.87. The Morgan fingerprint density at radius 2 is 2.33 bits per heavy atom. The summed E-state index contributed by atoms with van der Waals surface area (Å²) in [5, 5.41) is 3.46. The molecular weight excluding hydrogens is 190 g/mol. The number of hydrogen-bond donors (Lipinski definition) is 1. The van der Waals surface area contributed by atoms with Gasteiger partial charge in [0.15, 0.2) is 0 Å². The Morgan fingerprint density at radius 3 is 2.87 bits per heavy atom. The summed E-state index contributed by atoms with van der Waals surface area (Å²) < 4.78 is 10.3. The minimum Gasteiger partial charge on any atom is -0.472 e. The van der Waals surface area contributed by atoms with Crippen molar-refractivity contribution in [2.45, 2.75) is 38.8 Å². The van der Waals surface area contributed by atoms with E-state index in [-0.39, 0.29) is 0 Å². The number of methoxy groups -OCH3 is 1. The maximum Gasteiger partial charge on any atom is 0.0935 e. The molecule has 0 amide bonds. The fraction of sp³-hybridized carbons (Fsp3) is 0.667. The Hall–Kier alpha value is -0.800. The van der Waals surface area contributed by atoms with Crippen LogP contribution in [0.25, 0.3) is 0 Å². The fourth-order valence-electron chi connectivity index (χ4n) is 1.72. The van der Waals surface area contributed by atoms with Crippen LogP contribution in [0.5, 0.6) is 0 Å². The molecule has 3 heteroatoms. The third kappa shape index (κ3) is 4.49. The van der Waals surface area contributed by atoms with Crippen molar-refractivity contribution in [3.05, 3.63) is 24.2 Å². The quantitative estimate of drug-likeness (QED) is 0.751. The van der Waals surface area contributed by atoms with E-state index >= 15 is 0 Å². The molecule has 0 bridgehead atoms. The highest BCUT2D eigenvalue weighted by Gasteiger charge is 2.12. The Morgan fingerprint density at radius 1 is 1.53 bits per heavy atom. The smallest absolute Gasteiger partial charge is 0.0935 e. The highest BCUT2D eigenvalue weighted by atomic mass is 16.5. The van der Waals surface area contributed by atoms with Crippen molar-refractivity contribution in [1.82, 2.24) is 5.32 Å². The molecule has 1 N–H and O–H groups in total. The first-order chi connectivity index (χ1) is 7.26. The van der Waals surface area contributed by atoms with Gasteiger partial charge in [0, 0.05) is 13.2 Å². The average molecular weight is 211 g/mol. The predicted octanol–water partition coefficient (Wildman–Crippen LogP) is 2.23. The number of likely N-dealkylation sites (N-methyl/N-ethyl adjacent to an activating group) is 1. The van der Waals surface area contributed by atoms with Gasteiger partial charge in [0.25, 0.3) is 0 Å². The molecule has 2 unspecified atom stereocenters. The molecule has 15 heavy (non-hydrogen) atoms. The third-order valence-corrected chi connectivity index (χ3v) is 2.57. The molecule has 0 aliphatic rings. The lowest BCUT2D eigenvalue weighted by molar-refractivity contribution is 0.101. The van der Waals surface area contributed by atoms with Gasteiger partial charge in [0.2, 0.25) is 0 Å². The molecule has 0 fully saturated rings. The first kappa shape index (κ1) is 12.3. The summed E-state index contributed by atoms with van der Waals surface area (Å²) in [6.45, 7) is 5.21. The lowest BCUT2D eigenvalue weighted by Gasteiger charge is -2.20. The zero-order chi connectivity index (χ0) is 11.1. The molecule has 2 atom stereocenters. The summed E-state index contributed by atoms with van der Waals surface area (Å²) in [5.41, 5.74) is 1.24. The second kappa shape index (κ2) is 6.64. The lowest BCUT2D eigenvalue weighted by Crippen LogP contribution is -2.34. The van der Waals surface area contributed by atoms with Crippen molar-refractivity contribution in [3.63, 3.8) is 0 Å². The molecule has 1 heterocycles. The van der Waals surface area contributed by atoms with Gasteiger partial charge < -0.3 is 14.5 Å². The van der Waals surface area contributed by atoms with Crippen LogP contribution in [0.2, 0.25) is 0 Å². The molecule has 0 aliphatic heterocycles. The Labute approximate surface area is 91.8 Å². The van der Waals surface area contributed by atoms with Crippen LogP contribution in [-0.2, 0) is 11.2 Å². The minimum atomic E-state index is 0.293. The Bertz CT molecular complexity index is 246. The van der Waals surface area contributed by atoms with Crippen molar-refractivity contribution in [2.75, 3.05) is 13.7 Å². The molecule has 0 aromatic carbocycles. The topological polar surface area (TPSA) is 34.4 Å². The SMILES string of the molecule is CCNC(Cc1ccoc1)CC(C)OC. The van der Waals surface area contributed by atoms with Crippen LogP contribution >= 0.6 is 0 Å². The largest absolute Gasteiger partial charge is 0.472 e. The molecule has 1 aromatic rings. The van der Waals surface area contributed by atoms with Crippen LogP contribution in [0.4, 0.5) is 0 Å². The van der Waals surface area contributed by atoms with Crippen LogP contribution in [0.3, 0.4) is 0 Å². The summed E-state index contributed by atoms with van der Waals surface area (Å²) in [5.74, 6) is 0. The summed E-state index contributed by atoms with van der Waals surface area (Å²) in [7, 11) is 1.76. The Balaban J connectivity index is 2.43. The van der Waals surface area contributed by atoms with Crippen LogP contribution in [0.15, 0.2) is 23.0 Å². The number of rotatable bonds is 7. The van der Waals surface area contributed by atoms with E-state index in [0.717, 1.165) is 19.4 Å². The third-order valence-electron chi connectivity index (χ3n) is 2.57. The summed E-state index contributed by atoms with van der Waals surface area (Å²) in [6.07, 6.45) is 5.84. The molecule has 0 saturated carbocycles. The van der Waals surface area contributed by atoms with Crippen LogP contribution in [-0.4, -0.2) is 25.8 Å². The summed E-state index contributed by atoms with van der Waals surface area (Å²) >= 11 is 0. The first-order valence-corrected chi connectivity index (χ1v) is 5.53. The van der Waals surface area contributed by atoms with Gasteiger partial charge >= 0.3 is 0 Å². The van der Waals surface area contributed by atoms with E-state index in [2.05, 4.69) is 19.2 Å². The maximum absolute atomic E-state index is 5.28. The van der Waals surface area contributed by atoms with Crippen molar-refractivity contribution < 1.29 is 9.15 Å². The molecule has 0 saturated heterocycles. The number of hydrogen-bond acceptors (Lipinski definition) is 3. The highest BCUT2D eigenvalue weighted by Crippen LogP contribution is 2.09. The fourth-order valence-corrected chi connectivity index (χ4v) is 1.72. The van der Waals surface area contributed by atoms with Crippen molar-refractivity contribution in [1.29, 1.82) is 0 Å². The number of ether oxygens (including phenoxy) is 1. The zero-order valence-corrected chi connectivity index (χ0v) is 9.82. The van der Waals surface area contributed by atoms with E-state index < -0.39 is 0 Å². The molecule has 0 aliphatic carbocycles. The van der Waals surface area contributed by atoms with Crippen LogP contribution in [0, 0.1) is 0 Å². The van der Waals surface area contributed by atoms with Gasteiger partial charge in [-0.3, -0.25) is 0 Å². The first-order valence-electron chi connectivity index (χ1n) is 5.53. The Kier molecular flexibility index (Phi) is 5.43. The molecule has 3 nitrogen and oxygen atoms in total. The van der Waals surface area contributed by atoms with Crippen LogP contribution < -0.4 is 5.32 Å². The molecular formula is C12H21NO2. The highest BCUT2D eigenvalue weighted by molar-refractivity contribution is 5.07. The van der Waals surface area contributed by atoms with E-state index in [1.54, 1.807) is 13.4 Å². The molecule has 1 aromatic heterocycles. The normalized spacial score (nSPS) is 15.1. The van der Waals surface area contributed by atoms with Gasteiger partial charge in [0.1, 0.15) is 0 Å². The van der Waals surface area contributed by atoms with Gasteiger partial charge in [0.05, 0.1) is 18.6 Å². The van der Waals surface area contributed by atoms with Crippen LogP contribution in [0.1, 0.15) is 25.8 Å². The van der Waals surface area contributed by atoms with Crippen molar-refractivity contribution in [2.24, 2.45) is 0 Å². The predicted molar refractivity (Wildman–Crippen MR) is 61.0 cm³/mol. The van der Waals surface area contributed by atoms with E-state index in [0.29, 0.717) is 12.1 Å². The molecule has 0 radical (unpaired) electrons. The monoisotopic (exact) mass is 211 g/mol. The van der Waals surface area contributed by atoms with Gasteiger partial charge in [-0.2, -0.15) is 0 Å². The van der Waals surface area contributed by atoms with E-state index in [4.69, 9.17) is 9.15 Å². The number of furan rings is 1. The van der Waals surface area contributed by atoms with E-state index in [1.165, 1.54) is 5.56 Å². The van der Waals surface area contributed by atoms with Gasteiger partial charge in [-0.15, -0.1) is 0 Å². The van der Waals surface area contributed by atoms with Gasteiger partial charge in [-0.1, -0.05) is 6.92 Å².